The third kappa shape index (κ3) is 11.4. The van der Waals surface area contributed by atoms with E-state index in [0.29, 0.717) is 31.6 Å². The molecule has 1 rings (SSSR count). The van der Waals surface area contributed by atoms with Gasteiger partial charge < -0.3 is 25.4 Å². The molecule has 0 aliphatic heterocycles. The van der Waals surface area contributed by atoms with E-state index in [1.54, 1.807) is 0 Å². The Morgan fingerprint density at radius 1 is 1.11 bits per heavy atom. The fourth-order valence-electron chi connectivity index (χ4n) is 2.27. The van der Waals surface area contributed by atoms with Crippen LogP contribution in [0.5, 0.6) is 5.75 Å². The topological polar surface area (TPSA) is 84.0 Å². The van der Waals surface area contributed by atoms with Crippen LogP contribution in [0.3, 0.4) is 0 Å². The van der Waals surface area contributed by atoms with E-state index in [1.165, 1.54) is 0 Å². The second-order valence-corrected chi connectivity index (χ2v) is 7.18. The third-order valence-electron chi connectivity index (χ3n) is 3.45. The van der Waals surface area contributed by atoms with Gasteiger partial charge in [-0.3, -0.25) is 4.79 Å². The highest BCUT2D eigenvalue weighted by atomic mass is 16.5. The van der Waals surface area contributed by atoms with E-state index in [1.807, 2.05) is 45.0 Å². The second-order valence-electron chi connectivity index (χ2n) is 7.18. The number of hydrogen-bond donors (Lipinski definition) is 3. The summed E-state index contributed by atoms with van der Waals surface area (Å²) in [7, 11) is 0. The summed E-state index contributed by atoms with van der Waals surface area (Å²) in [4.78, 5) is 16.1. The van der Waals surface area contributed by atoms with E-state index in [4.69, 9.17) is 9.47 Å². The van der Waals surface area contributed by atoms with Gasteiger partial charge in [0.25, 0.3) is 0 Å². The largest absolute Gasteiger partial charge is 0.491 e. The summed E-state index contributed by atoms with van der Waals surface area (Å²) in [5.41, 5.74) is 0.870. The lowest BCUT2D eigenvalue weighted by molar-refractivity contribution is -0.119. The fraction of sp³-hybridized carbons (Fsp3) is 0.619. The van der Waals surface area contributed by atoms with Crippen LogP contribution in [0.4, 0.5) is 5.69 Å². The van der Waals surface area contributed by atoms with Crippen molar-refractivity contribution in [3.05, 3.63) is 24.3 Å². The molecule has 7 heteroatoms. The van der Waals surface area contributed by atoms with Crippen molar-refractivity contribution in [1.82, 2.24) is 10.6 Å². The first-order chi connectivity index (χ1) is 13.4. The number of carbonyl (C=O) groups is 1. The van der Waals surface area contributed by atoms with Crippen molar-refractivity contribution < 1.29 is 14.3 Å². The average molecular weight is 393 g/mol. The molecule has 0 aromatic heterocycles. The molecule has 0 atom stereocenters. The van der Waals surface area contributed by atoms with Gasteiger partial charge >= 0.3 is 0 Å². The number of nitrogens with one attached hydrogen (secondary N) is 3. The summed E-state index contributed by atoms with van der Waals surface area (Å²) >= 11 is 0. The SMILES string of the molecule is CCNC(=O)CN=C(NCCCOCC(C)C)Nc1ccc(OC(C)C)cc1. The van der Waals surface area contributed by atoms with Crippen LogP contribution in [0.1, 0.15) is 41.0 Å². The maximum absolute atomic E-state index is 11.7. The van der Waals surface area contributed by atoms with Crippen LogP contribution >= 0.6 is 0 Å². The minimum atomic E-state index is -0.107. The Morgan fingerprint density at radius 3 is 2.43 bits per heavy atom. The van der Waals surface area contributed by atoms with Crippen molar-refractivity contribution >= 4 is 17.6 Å². The molecular weight excluding hydrogens is 356 g/mol. The summed E-state index contributed by atoms with van der Waals surface area (Å²) in [5, 5.41) is 9.22. The molecule has 0 saturated carbocycles. The molecule has 0 spiro atoms. The van der Waals surface area contributed by atoms with Gasteiger partial charge in [-0.25, -0.2) is 4.99 Å². The Morgan fingerprint density at radius 2 is 1.82 bits per heavy atom. The number of benzene rings is 1. The number of carbonyl (C=O) groups excluding carboxylic acids is 1. The highest BCUT2D eigenvalue weighted by Gasteiger charge is 2.04. The van der Waals surface area contributed by atoms with Crippen molar-refractivity contribution in [2.24, 2.45) is 10.9 Å². The van der Waals surface area contributed by atoms with Crippen LogP contribution in [0.15, 0.2) is 29.3 Å². The molecule has 0 heterocycles. The Labute approximate surface area is 169 Å². The molecule has 0 saturated heterocycles. The van der Waals surface area contributed by atoms with Gasteiger partial charge in [-0.15, -0.1) is 0 Å². The maximum atomic E-state index is 11.7. The monoisotopic (exact) mass is 392 g/mol. The number of ether oxygens (including phenoxy) is 2. The second kappa shape index (κ2) is 13.8. The lowest BCUT2D eigenvalue weighted by atomic mass is 10.2. The van der Waals surface area contributed by atoms with Crippen molar-refractivity contribution in [3.8, 4) is 5.75 Å². The smallest absolute Gasteiger partial charge is 0.241 e. The number of likely N-dealkylation sites (N-methyl/N-ethyl adjacent to an activating group) is 1. The van der Waals surface area contributed by atoms with Crippen LogP contribution in [0.2, 0.25) is 0 Å². The van der Waals surface area contributed by atoms with Gasteiger partial charge in [0.05, 0.1) is 6.10 Å². The molecule has 3 N–H and O–H groups in total. The van der Waals surface area contributed by atoms with Gasteiger partial charge in [0.15, 0.2) is 5.96 Å². The number of aliphatic imine (C=N–C) groups is 1. The van der Waals surface area contributed by atoms with E-state index < -0.39 is 0 Å². The van der Waals surface area contributed by atoms with Gasteiger partial charge in [-0.05, 0) is 57.4 Å². The van der Waals surface area contributed by atoms with Crippen LogP contribution in [0, 0.1) is 5.92 Å². The maximum Gasteiger partial charge on any atom is 0.241 e. The minimum Gasteiger partial charge on any atom is -0.491 e. The van der Waals surface area contributed by atoms with E-state index >= 15 is 0 Å². The molecule has 158 valence electrons. The van der Waals surface area contributed by atoms with Gasteiger partial charge in [0, 0.05) is 32.0 Å². The number of amides is 1. The van der Waals surface area contributed by atoms with Crippen LogP contribution in [-0.2, 0) is 9.53 Å². The predicted molar refractivity (Wildman–Crippen MR) is 115 cm³/mol. The zero-order valence-electron chi connectivity index (χ0n) is 17.9. The Balaban J connectivity index is 2.59. The highest BCUT2D eigenvalue weighted by molar-refractivity contribution is 5.95. The number of rotatable bonds is 12. The Kier molecular flexibility index (Phi) is 11.7. The lowest BCUT2D eigenvalue weighted by Gasteiger charge is -2.14. The lowest BCUT2D eigenvalue weighted by Crippen LogP contribution is -2.34. The van der Waals surface area contributed by atoms with E-state index in [9.17, 15) is 4.79 Å². The summed E-state index contributed by atoms with van der Waals surface area (Å²) in [6.07, 6.45) is 0.989. The quantitative estimate of drug-likeness (QED) is 0.289. The number of nitrogens with zero attached hydrogens (tertiary/aromatic N) is 1. The summed E-state index contributed by atoms with van der Waals surface area (Å²) < 4.78 is 11.3. The molecule has 0 aliphatic carbocycles. The highest BCUT2D eigenvalue weighted by Crippen LogP contribution is 2.16. The van der Waals surface area contributed by atoms with Gasteiger partial charge in [0.2, 0.25) is 5.91 Å². The first-order valence-corrected chi connectivity index (χ1v) is 10.1. The zero-order chi connectivity index (χ0) is 20.8. The van der Waals surface area contributed by atoms with Crippen molar-refractivity contribution in [1.29, 1.82) is 0 Å². The molecule has 0 aliphatic rings. The van der Waals surface area contributed by atoms with E-state index in [-0.39, 0.29) is 18.6 Å². The number of anilines is 1. The van der Waals surface area contributed by atoms with Crippen LogP contribution < -0.4 is 20.7 Å². The van der Waals surface area contributed by atoms with Gasteiger partial charge in [0.1, 0.15) is 12.3 Å². The van der Waals surface area contributed by atoms with Gasteiger partial charge in [-0.1, -0.05) is 13.8 Å². The van der Waals surface area contributed by atoms with Gasteiger partial charge in [-0.2, -0.15) is 0 Å². The molecule has 1 aromatic rings. The molecule has 1 amide bonds. The van der Waals surface area contributed by atoms with E-state index in [0.717, 1.165) is 24.5 Å². The van der Waals surface area contributed by atoms with Crippen molar-refractivity contribution in [2.45, 2.75) is 47.1 Å². The molecule has 1 aromatic carbocycles. The van der Waals surface area contributed by atoms with Crippen molar-refractivity contribution in [2.75, 3.05) is 38.2 Å². The average Bonchev–Trinajstić information content (AvgIpc) is 2.63. The molecule has 28 heavy (non-hydrogen) atoms. The first-order valence-electron chi connectivity index (χ1n) is 10.1. The molecule has 0 unspecified atom stereocenters. The summed E-state index contributed by atoms with van der Waals surface area (Å²) in [6, 6.07) is 7.66. The fourth-order valence-corrected chi connectivity index (χ4v) is 2.27. The number of hydrogen-bond acceptors (Lipinski definition) is 4. The van der Waals surface area contributed by atoms with Crippen LogP contribution in [-0.4, -0.2) is 50.8 Å². The molecule has 7 nitrogen and oxygen atoms in total. The minimum absolute atomic E-state index is 0.0710. The van der Waals surface area contributed by atoms with Crippen molar-refractivity contribution in [3.63, 3.8) is 0 Å². The molecular formula is C21H36N4O3. The predicted octanol–water partition coefficient (Wildman–Crippen LogP) is 3.03. The van der Waals surface area contributed by atoms with E-state index in [2.05, 4.69) is 34.8 Å². The third-order valence-corrected chi connectivity index (χ3v) is 3.45. The van der Waals surface area contributed by atoms with Crippen LogP contribution in [0.25, 0.3) is 0 Å². The standard InChI is InChI=1S/C21H36N4O3/c1-6-22-20(26)14-24-21(23-12-7-13-27-15-16(2)3)25-18-8-10-19(11-9-18)28-17(4)5/h8-11,16-17H,6-7,12-15H2,1-5H3,(H,22,26)(H2,23,24,25). The number of guanidine groups is 1. The molecule has 0 bridgehead atoms. The summed E-state index contributed by atoms with van der Waals surface area (Å²) in [5.74, 6) is 1.81. The normalized spacial score (nSPS) is 11.6. The zero-order valence-corrected chi connectivity index (χ0v) is 17.9. The molecule has 0 radical (unpaired) electrons. The summed E-state index contributed by atoms with van der Waals surface area (Å²) in [6.45, 7) is 13.0. The first kappa shape index (κ1) is 23.8. The Bertz CT molecular complexity index is 586. The Hall–Kier alpha value is -2.28. The molecule has 0 fully saturated rings.